The first-order valence-corrected chi connectivity index (χ1v) is 9.76. The molecule has 4 nitrogen and oxygen atoms in total. The third-order valence-corrected chi connectivity index (χ3v) is 5.22. The average Bonchev–Trinajstić information content (AvgIpc) is 2.48. The van der Waals surface area contributed by atoms with Gasteiger partial charge in [0.25, 0.3) is 5.91 Å². The molecular formula is C15H18ClF2NO3S. The molecule has 0 bridgehead atoms. The molecule has 1 fully saturated rings. The van der Waals surface area contributed by atoms with Crippen molar-refractivity contribution in [3.05, 3.63) is 34.4 Å². The van der Waals surface area contributed by atoms with Crippen LogP contribution in [0.25, 0.3) is 0 Å². The van der Waals surface area contributed by atoms with Gasteiger partial charge in [0.15, 0.2) is 0 Å². The summed E-state index contributed by atoms with van der Waals surface area (Å²) in [5, 5.41) is -0.383. The Morgan fingerprint density at radius 3 is 2.65 bits per heavy atom. The Hall–Kier alpha value is -1.21. The van der Waals surface area contributed by atoms with Crippen LogP contribution in [0.1, 0.15) is 36.0 Å². The monoisotopic (exact) mass is 365 g/mol. The number of carbonyl (C=O) groups is 1. The molecule has 0 saturated carbocycles. The van der Waals surface area contributed by atoms with Crippen LogP contribution in [-0.2, 0) is 9.84 Å². The maximum absolute atomic E-state index is 13.9. The van der Waals surface area contributed by atoms with Crippen LogP contribution in [0.2, 0.25) is 5.02 Å². The van der Waals surface area contributed by atoms with Gasteiger partial charge in [-0.2, -0.15) is 0 Å². The highest BCUT2D eigenvalue weighted by atomic mass is 35.5. The summed E-state index contributed by atoms with van der Waals surface area (Å²) in [6, 6.07) is 1.28. The molecule has 1 aromatic carbocycles. The highest BCUT2D eigenvalue weighted by Gasteiger charge is 2.30. The fourth-order valence-corrected chi connectivity index (χ4v) is 3.61. The number of amides is 1. The molecule has 0 spiro atoms. The molecule has 0 N–H and O–H groups in total. The Balaban J connectivity index is 2.23. The minimum absolute atomic E-state index is 0.0428. The molecule has 1 atom stereocenters. The summed E-state index contributed by atoms with van der Waals surface area (Å²) in [6.45, 7) is 0.400. The zero-order chi connectivity index (χ0) is 17.2. The van der Waals surface area contributed by atoms with Gasteiger partial charge < -0.3 is 4.90 Å². The largest absolute Gasteiger partial charge is 0.336 e. The van der Waals surface area contributed by atoms with E-state index in [4.69, 9.17) is 11.6 Å². The fourth-order valence-electron chi connectivity index (χ4n) is 2.76. The second kappa shape index (κ2) is 7.13. The molecule has 128 valence electrons. The number of hydrogen-bond donors (Lipinski definition) is 0. The molecular weight excluding hydrogens is 348 g/mol. The second-order valence-electron chi connectivity index (χ2n) is 5.81. The molecule has 1 saturated heterocycles. The van der Waals surface area contributed by atoms with Crippen LogP contribution in [0.15, 0.2) is 12.1 Å². The first-order chi connectivity index (χ1) is 10.7. The molecule has 1 amide bonds. The van der Waals surface area contributed by atoms with Crippen molar-refractivity contribution in [1.29, 1.82) is 0 Å². The van der Waals surface area contributed by atoms with E-state index in [2.05, 4.69) is 0 Å². The molecule has 0 aromatic heterocycles. The van der Waals surface area contributed by atoms with Gasteiger partial charge in [-0.15, -0.1) is 0 Å². The average molecular weight is 366 g/mol. The van der Waals surface area contributed by atoms with E-state index in [1.54, 1.807) is 0 Å². The van der Waals surface area contributed by atoms with Crippen molar-refractivity contribution in [3.8, 4) is 0 Å². The van der Waals surface area contributed by atoms with E-state index < -0.39 is 27.4 Å². The van der Waals surface area contributed by atoms with E-state index in [0.717, 1.165) is 31.2 Å². The number of piperidine rings is 1. The first kappa shape index (κ1) is 18.1. The van der Waals surface area contributed by atoms with Crippen LogP contribution in [-0.4, -0.2) is 43.8 Å². The third-order valence-electron chi connectivity index (χ3n) is 3.95. The van der Waals surface area contributed by atoms with Crippen molar-refractivity contribution >= 4 is 27.3 Å². The second-order valence-corrected chi connectivity index (χ2v) is 8.48. The number of carbonyl (C=O) groups excluding carboxylic acids is 1. The zero-order valence-electron chi connectivity index (χ0n) is 12.7. The van der Waals surface area contributed by atoms with Crippen molar-refractivity contribution in [1.82, 2.24) is 4.90 Å². The number of nitrogens with zero attached hydrogens (tertiary/aromatic N) is 1. The van der Waals surface area contributed by atoms with E-state index in [1.165, 1.54) is 4.90 Å². The van der Waals surface area contributed by atoms with Crippen LogP contribution in [0.5, 0.6) is 0 Å². The predicted molar refractivity (Wildman–Crippen MR) is 84.4 cm³/mol. The summed E-state index contributed by atoms with van der Waals surface area (Å²) >= 11 is 5.50. The van der Waals surface area contributed by atoms with E-state index in [1.807, 2.05) is 0 Å². The molecule has 23 heavy (non-hydrogen) atoms. The summed E-state index contributed by atoms with van der Waals surface area (Å²) in [7, 11) is -3.15. The molecule has 1 heterocycles. The Labute approximate surface area is 139 Å². The number of hydrogen-bond acceptors (Lipinski definition) is 3. The van der Waals surface area contributed by atoms with Crippen molar-refractivity contribution in [3.63, 3.8) is 0 Å². The number of halogens is 3. The van der Waals surface area contributed by atoms with Crippen LogP contribution in [0, 0.1) is 11.6 Å². The van der Waals surface area contributed by atoms with Gasteiger partial charge in [-0.1, -0.05) is 11.6 Å². The van der Waals surface area contributed by atoms with Gasteiger partial charge in [-0.3, -0.25) is 4.79 Å². The van der Waals surface area contributed by atoms with Gasteiger partial charge in [0, 0.05) is 18.8 Å². The lowest BCUT2D eigenvalue weighted by atomic mass is 9.98. The summed E-state index contributed by atoms with van der Waals surface area (Å²) in [6.07, 6.45) is 3.70. The van der Waals surface area contributed by atoms with E-state index in [0.29, 0.717) is 19.4 Å². The summed E-state index contributed by atoms with van der Waals surface area (Å²) in [4.78, 5) is 14.0. The quantitative estimate of drug-likeness (QED) is 0.770. The number of rotatable bonds is 4. The lowest BCUT2D eigenvalue weighted by molar-refractivity contribution is 0.0603. The van der Waals surface area contributed by atoms with Gasteiger partial charge in [0.1, 0.15) is 21.5 Å². The van der Waals surface area contributed by atoms with Crippen LogP contribution >= 0.6 is 11.6 Å². The minimum atomic E-state index is -3.15. The summed E-state index contributed by atoms with van der Waals surface area (Å²) in [5.74, 6) is -2.41. The van der Waals surface area contributed by atoms with Gasteiger partial charge in [-0.25, -0.2) is 17.2 Å². The molecule has 8 heteroatoms. The van der Waals surface area contributed by atoms with E-state index in [9.17, 15) is 22.0 Å². The van der Waals surface area contributed by atoms with Gasteiger partial charge in [0.05, 0.1) is 16.3 Å². The molecule has 2 rings (SSSR count). The topological polar surface area (TPSA) is 54.5 Å². The zero-order valence-corrected chi connectivity index (χ0v) is 14.3. The Morgan fingerprint density at radius 2 is 2.00 bits per heavy atom. The Kier molecular flexibility index (Phi) is 5.62. The lowest BCUT2D eigenvalue weighted by Gasteiger charge is -2.36. The van der Waals surface area contributed by atoms with Crippen LogP contribution < -0.4 is 0 Å². The molecule has 1 aliphatic heterocycles. The van der Waals surface area contributed by atoms with Crippen molar-refractivity contribution in [2.45, 2.75) is 31.7 Å². The van der Waals surface area contributed by atoms with Crippen molar-refractivity contribution < 1.29 is 22.0 Å². The summed E-state index contributed by atoms with van der Waals surface area (Å²) in [5.41, 5.74) is -0.377. The van der Waals surface area contributed by atoms with E-state index in [-0.39, 0.29) is 22.4 Å². The highest BCUT2D eigenvalue weighted by Crippen LogP contribution is 2.25. The molecule has 1 aliphatic rings. The predicted octanol–water partition coefficient (Wildman–Crippen LogP) is 3.05. The highest BCUT2D eigenvalue weighted by molar-refractivity contribution is 7.90. The third kappa shape index (κ3) is 4.64. The SMILES string of the molecule is CS(=O)(=O)CC[C@@H]1CCCCN1C(=O)c1cc(F)c(Cl)cc1F. The van der Waals surface area contributed by atoms with Crippen molar-refractivity contribution in [2.24, 2.45) is 0 Å². The minimum Gasteiger partial charge on any atom is -0.336 e. The smallest absolute Gasteiger partial charge is 0.257 e. The van der Waals surface area contributed by atoms with Gasteiger partial charge in [0.2, 0.25) is 0 Å². The maximum Gasteiger partial charge on any atom is 0.257 e. The first-order valence-electron chi connectivity index (χ1n) is 7.32. The maximum atomic E-state index is 13.9. The van der Waals surface area contributed by atoms with E-state index >= 15 is 0 Å². The number of benzene rings is 1. The molecule has 1 aromatic rings. The Bertz CT molecular complexity index is 709. The fraction of sp³-hybridized carbons (Fsp3) is 0.533. The Morgan fingerprint density at radius 1 is 1.30 bits per heavy atom. The van der Waals surface area contributed by atoms with Crippen LogP contribution in [0.4, 0.5) is 8.78 Å². The number of sulfone groups is 1. The standard InChI is InChI=1S/C15H18ClF2NO3S/c1-23(21,22)7-5-10-4-2-3-6-19(10)15(20)11-8-14(18)12(16)9-13(11)17/h8-10H,2-7H2,1H3/t10-/m0/s1. The molecule has 0 aliphatic carbocycles. The van der Waals surface area contributed by atoms with Gasteiger partial charge >= 0.3 is 0 Å². The van der Waals surface area contributed by atoms with Gasteiger partial charge in [-0.05, 0) is 37.8 Å². The normalized spacial score (nSPS) is 19.0. The van der Waals surface area contributed by atoms with Crippen molar-refractivity contribution in [2.75, 3.05) is 18.6 Å². The number of likely N-dealkylation sites (tertiary alicyclic amines) is 1. The summed E-state index contributed by atoms with van der Waals surface area (Å²) < 4.78 is 50.1. The molecule has 0 unspecified atom stereocenters. The lowest BCUT2D eigenvalue weighted by Crippen LogP contribution is -2.44. The molecule has 0 radical (unpaired) electrons. The van der Waals surface area contributed by atoms with Crippen LogP contribution in [0.3, 0.4) is 0 Å².